The highest BCUT2D eigenvalue weighted by molar-refractivity contribution is 5.95. The second-order valence-electron chi connectivity index (χ2n) is 4.16. The highest BCUT2D eigenvalue weighted by Gasteiger charge is 2.21. The lowest BCUT2D eigenvalue weighted by atomic mass is 10.2. The van der Waals surface area contributed by atoms with E-state index in [0.717, 1.165) is 24.5 Å². The Kier molecular flexibility index (Phi) is 2.78. The van der Waals surface area contributed by atoms with Gasteiger partial charge in [-0.15, -0.1) is 0 Å². The minimum atomic E-state index is -0.275. The van der Waals surface area contributed by atoms with Crippen molar-refractivity contribution in [2.24, 2.45) is 5.73 Å². The molecular weight excluding hydrogens is 204 g/mol. The quantitative estimate of drug-likeness (QED) is 0.492. The molecule has 1 aliphatic heterocycles. The summed E-state index contributed by atoms with van der Waals surface area (Å²) in [5, 5.41) is 16.9. The van der Waals surface area contributed by atoms with Crippen molar-refractivity contribution in [2.45, 2.75) is 19.4 Å². The molecule has 0 bridgehead atoms. The second kappa shape index (κ2) is 4.09. The largest absolute Gasteiger partial charge is 0.391 e. The van der Waals surface area contributed by atoms with Gasteiger partial charge >= 0.3 is 0 Å². The summed E-state index contributed by atoms with van der Waals surface area (Å²) in [4.78, 5) is 6.41. The number of aryl methyl sites for hydroxylation is 1. The number of rotatable bonds is 2. The van der Waals surface area contributed by atoms with Gasteiger partial charge in [0.1, 0.15) is 11.7 Å². The number of nitrogens with zero attached hydrogens (tertiary/aromatic N) is 2. The molecule has 86 valence electrons. The van der Waals surface area contributed by atoms with Gasteiger partial charge in [0.25, 0.3) is 0 Å². The van der Waals surface area contributed by atoms with Crippen LogP contribution in [0.2, 0.25) is 0 Å². The fraction of sp³-hybridized carbons (Fsp3) is 0.455. The summed E-state index contributed by atoms with van der Waals surface area (Å²) in [7, 11) is 0. The Morgan fingerprint density at radius 2 is 2.38 bits per heavy atom. The van der Waals surface area contributed by atoms with Crippen molar-refractivity contribution in [3.05, 3.63) is 23.4 Å². The molecule has 5 heteroatoms. The molecule has 1 saturated heterocycles. The van der Waals surface area contributed by atoms with E-state index in [2.05, 4.69) is 4.98 Å². The van der Waals surface area contributed by atoms with Crippen LogP contribution in [0, 0.1) is 12.3 Å². The van der Waals surface area contributed by atoms with Crippen LogP contribution in [0.4, 0.5) is 5.82 Å². The smallest absolute Gasteiger partial charge is 0.129 e. The van der Waals surface area contributed by atoms with Crippen LogP contribution >= 0.6 is 0 Å². The first-order valence-electron chi connectivity index (χ1n) is 5.32. The molecule has 0 radical (unpaired) electrons. The monoisotopic (exact) mass is 220 g/mol. The van der Waals surface area contributed by atoms with E-state index in [0.29, 0.717) is 12.1 Å². The lowest BCUT2D eigenvalue weighted by Gasteiger charge is -2.17. The number of aliphatic hydroxyl groups is 1. The van der Waals surface area contributed by atoms with E-state index < -0.39 is 0 Å². The number of β-amino-alcohol motifs (C(OH)–C–C–N with tert-alkyl or cyclic N) is 1. The highest BCUT2D eigenvalue weighted by Crippen LogP contribution is 2.20. The molecule has 1 aromatic heterocycles. The van der Waals surface area contributed by atoms with E-state index in [1.54, 1.807) is 12.1 Å². The van der Waals surface area contributed by atoms with Crippen molar-refractivity contribution in [1.29, 1.82) is 5.41 Å². The standard InChI is InChI=1S/C11H16N4O/c1-7-4-8(11(12)13)5-10(14-7)15-3-2-9(16)6-15/h4-5,9,16H,2-3,6H2,1H3,(H3,12,13). The van der Waals surface area contributed by atoms with Crippen molar-refractivity contribution < 1.29 is 5.11 Å². The molecule has 0 aromatic carbocycles. The van der Waals surface area contributed by atoms with Gasteiger partial charge in [-0.1, -0.05) is 0 Å². The van der Waals surface area contributed by atoms with Crippen molar-refractivity contribution in [1.82, 2.24) is 4.98 Å². The lowest BCUT2D eigenvalue weighted by molar-refractivity contribution is 0.198. The number of aliphatic hydroxyl groups excluding tert-OH is 1. The molecule has 1 fully saturated rings. The van der Waals surface area contributed by atoms with Crippen molar-refractivity contribution >= 4 is 11.7 Å². The Morgan fingerprint density at radius 3 is 2.94 bits per heavy atom. The molecule has 2 heterocycles. The number of hydrogen-bond donors (Lipinski definition) is 3. The van der Waals surface area contributed by atoms with Crippen molar-refractivity contribution in [3.8, 4) is 0 Å². The van der Waals surface area contributed by atoms with Gasteiger partial charge < -0.3 is 15.7 Å². The van der Waals surface area contributed by atoms with Crippen LogP contribution in [-0.4, -0.2) is 35.1 Å². The number of pyridine rings is 1. The van der Waals surface area contributed by atoms with Gasteiger partial charge in [0.05, 0.1) is 6.10 Å². The summed E-state index contributed by atoms with van der Waals surface area (Å²) >= 11 is 0. The predicted molar refractivity (Wildman–Crippen MR) is 62.8 cm³/mol. The van der Waals surface area contributed by atoms with Crippen LogP contribution in [0.1, 0.15) is 17.7 Å². The van der Waals surface area contributed by atoms with Gasteiger partial charge in [-0.2, -0.15) is 0 Å². The van der Waals surface area contributed by atoms with Crippen LogP contribution in [0.15, 0.2) is 12.1 Å². The number of nitrogen functional groups attached to an aromatic ring is 1. The Labute approximate surface area is 94.4 Å². The zero-order valence-corrected chi connectivity index (χ0v) is 9.27. The topological polar surface area (TPSA) is 86.2 Å². The summed E-state index contributed by atoms with van der Waals surface area (Å²) in [6.45, 7) is 3.28. The molecule has 1 aliphatic rings. The molecular formula is C11H16N4O. The summed E-state index contributed by atoms with van der Waals surface area (Å²) in [5.74, 6) is 0.841. The van der Waals surface area contributed by atoms with E-state index >= 15 is 0 Å². The molecule has 5 nitrogen and oxygen atoms in total. The number of amidine groups is 1. The summed E-state index contributed by atoms with van der Waals surface area (Å²) < 4.78 is 0. The first-order valence-corrected chi connectivity index (χ1v) is 5.32. The molecule has 1 atom stereocenters. The van der Waals surface area contributed by atoms with Crippen LogP contribution in [0.3, 0.4) is 0 Å². The summed E-state index contributed by atoms with van der Waals surface area (Å²) in [6.07, 6.45) is 0.494. The van der Waals surface area contributed by atoms with Gasteiger partial charge in [0.15, 0.2) is 0 Å². The second-order valence-corrected chi connectivity index (χ2v) is 4.16. The number of hydrogen-bond acceptors (Lipinski definition) is 4. The molecule has 0 spiro atoms. The Bertz CT molecular complexity index is 418. The Balaban J connectivity index is 2.30. The van der Waals surface area contributed by atoms with E-state index in [9.17, 15) is 5.11 Å². The minimum Gasteiger partial charge on any atom is -0.391 e. The fourth-order valence-corrected chi connectivity index (χ4v) is 1.92. The lowest BCUT2D eigenvalue weighted by Crippen LogP contribution is -2.23. The molecule has 0 amide bonds. The van der Waals surface area contributed by atoms with E-state index in [4.69, 9.17) is 11.1 Å². The summed E-state index contributed by atoms with van der Waals surface area (Å²) in [6, 6.07) is 3.59. The summed E-state index contributed by atoms with van der Waals surface area (Å²) in [5.41, 5.74) is 6.99. The van der Waals surface area contributed by atoms with Crippen LogP contribution < -0.4 is 10.6 Å². The van der Waals surface area contributed by atoms with E-state index in [1.807, 2.05) is 11.8 Å². The zero-order valence-electron chi connectivity index (χ0n) is 9.27. The average Bonchev–Trinajstić information content (AvgIpc) is 2.64. The SMILES string of the molecule is Cc1cc(C(=N)N)cc(N2CCC(O)C2)n1. The fourth-order valence-electron chi connectivity index (χ4n) is 1.92. The molecule has 16 heavy (non-hydrogen) atoms. The zero-order chi connectivity index (χ0) is 11.7. The van der Waals surface area contributed by atoms with Gasteiger partial charge in [0, 0.05) is 24.3 Å². The maximum Gasteiger partial charge on any atom is 0.129 e. The predicted octanol–water partition coefficient (Wildman–Crippen LogP) is 0.245. The minimum absolute atomic E-state index is 0.0477. The molecule has 4 N–H and O–H groups in total. The van der Waals surface area contributed by atoms with Crippen LogP contribution in [-0.2, 0) is 0 Å². The third-order valence-electron chi connectivity index (χ3n) is 2.74. The first-order chi connectivity index (χ1) is 7.56. The number of nitrogens with one attached hydrogen (secondary N) is 1. The number of anilines is 1. The number of aromatic nitrogens is 1. The maximum atomic E-state index is 9.47. The van der Waals surface area contributed by atoms with Crippen molar-refractivity contribution in [3.63, 3.8) is 0 Å². The van der Waals surface area contributed by atoms with Crippen LogP contribution in [0.25, 0.3) is 0 Å². The van der Waals surface area contributed by atoms with Gasteiger partial charge in [0.2, 0.25) is 0 Å². The van der Waals surface area contributed by atoms with Gasteiger partial charge in [-0.3, -0.25) is 5.41 Å². The third-order valence-corrected chi connectivity index (χ3v) is 2.74. The van der Waals surface area contributed by atoms with Gasteiger partial charge in [-0.05, 0) is 25.5 Å². The molecule has 2 rings (SSSR count). The average molecular weight is 220 g/mol. The Hall–Kier alpha value is -1.62. The van der Waals surface area contributed by atoms with Crippen LogP contribution in [0.5, 0.6) is 0 Å². The Morgan fingerprint density at radius 1 is 1.62 bits per heavy atom. The van der Waals surface area contributed by atoms with E-state index in [-0.39, 0.29) is 11.9 Å². The molecule has 1 unspecified atom stereocenters. The molecule has 0 saturated carbocycles. The third kappa shape index (κ3) is 2.14. The van der Waals surface area contributed by atoms with Gasteiger partial charge in [-0.25, -0.2) is 4.98 Å². The van der Waals surface area contributed by atoms with Crippen molar-refractivity contribution in [2.75, 3.05) is 18.0 Å². The molecule has 1 aromatic rings. The molecule has 0 aliphatic carbocycles. The normalized spacial score (nSPS) is 20.1. The maximum absolute atomic E-state index is 9.47. The number of nitrogens with two attached hydrogens (primary N) is 1. The highest BCUT2D eigenvalue weighted by atomic mass is 16.3. The first kappa shape index (κ1) is 10.9. The van der Waals surface area contributed by atoms with E-state index in [1.165, 1.54) is 0 Å².